The molecule has 0 aliphatic heterocycles. The quantitative estimate of drug-likeness (QED) is 0.569. The Morgan fingerprint density at radius 2 is 1.33 bits per heavy atom. The van der Waals surface area contributed by atoms with Crippen molar-refractivity contribution in [2.75, 3.05) is 5.32 Å². The SMILES string of the molecule is CC(C)c1cc(C(C)C)c(NC(=O)[C@H](C)Cc2ccccc2)c(C(C)C)c1. The number of hydrogen-bond donors (Lipinski definition) is 1. The second-order valence-electron chi connectivity index (χ2n) is 8.62. The summed E-state index contributed by atoms with van der Waals surface area (Å²) in [6, 6.07) is 14.8. The number of carbonyl (C=O) groups is 1. The summed E-state index contributed by atoms with van der Waals surface area (Å²) in [7, 11) is 0. The Kier molecular flexibility index (Phi) is 7.24. The van der Waals surface area contributed by atoms with Crippen LogP contribution < -0.4 is 5.32 Å². The summed E-state index contributed by atoms with van der Waals surface area (Å²) in [5.74, 6) is 1.22. The third-order valence-corrected chi connectivity index (χ3v) is 5.21. The molecule has 2 rings (SSSR count). The van der Waals surface area contributed by atoms with E-state index in [0.29, 0.717) is 17.8 Å². The Morgan fingerprint density at radius 1 is 0.815 bits per heavy atom. The van der Waals surface area contributed by atoms with E-state index in [-0.39, 0.29) is 11.8 Å². The Morgan fingerprint density at radius 3 is 1.78 bits per heavy atom. The first-order chi connectivity index (χ1) is 12.7. The fourth-order valence-corrected chi connectivity index (χ4v) is 3.41. The van der Waals surface area contributed by atoms with Gasteiger partial charge in [0, 0.05) is 11.6 Å². The van der Waals surface area contributed by atoms with Crippen molar-refractivity contribution >= 4 is 11.6 Å². The fraction of sp³-hybridized carbons (Fsp3) is 0.480. The first-order valence-electron chi connectivity index (χ1n) is 10.2. The van der Waals surface area contributed by atoms with Gasteiger partial charge in [-0.15, -0.1) is 0 Å². The second kappa shape index (κ2) is 9.21. The summed E-state index contributed by atoms with van der Waals surface area (Å²) in [5, 5.41) is 3.29. The Balaban J connectivity index is 2.34. The topological polar surface area (TPSA) is 29.1 Å². The lowest BCUT2D eigenvalue weighted by Crippen LogP contribution is -2.24. The maximum Gasteiger partial charge on any atom is 0.227 e. The molecule has 0 aliphatic carbocycles. The Labute approximate surface area is 165 Å². The van der Waals surface area contributed by atoms with Crippen molar-refractivity contribution in [2.45, 2.75) is 72.6 Å². The van der Waals surface area contributed by atoms with E-state index in [2.05, 4.69) is 71.1 Å². The average Bonchev–Trinajstić information content (AvgIpc) is 2.61. The van der Waals surface area contributed by atoms with Crippen LogP contribution in [0.3, 0.4) is 0 Å². The van der Waals surface area contributed by atoms with Gasteiger partial charge in [-0.1, -0.05) is 90.9 Å². The lowest BCUT2D eigenvalue weighted by Gasteiger charge is -2.24. The van der Waals surface area contributed by atoms with Crippen LogP contribution >= 0.6 is 0 Å². The summed E-state index contributed by atoms with van der Waals surface area (Å²) in [5.41, 5.74) is 6.05. The first-order valence-corrected chi connectivity index (χ1v) is 10.2. The molecule has 1 amide bonds. The van der Waals surface area contributed by atoms with E-state index in [1.54, 1.807) is 0 Å². The highest BCUT2D eigenvalue weighted by Gasteiger charge is 2.21. The zero-order valence-corrected chi connectivity index (χ0v) is 18.0. The molecule has 146 valence electrons. The van der Waals surface area contributed by atoms with Gasteiger partial charge in [-0.05, 0) is 46.4 Å². The van der Waals surface area contributed by atoms with Gasteiger partial charge < -0.3 is 5.32 Å². The van der Waals surface area contributed by atoms with Crippen LogP contribution in [-0.2, 0) is 11.2 Å². The molecule has 1 atom stereocenters. The summed E-state index contributed by atoms with van der Waals surface area (Å²) in [4.78, 5) is 13.0. The smallest absolute Gasteiger partial charge is 0.227 e. The molecule has 0 unspecified atom stereocenters. The van der Waals surface area contributed by atoms with Crippen molar-refractivity contribution in [3.8, 4) is 0 Å². The van der Waals surface area contributed by atoms with Crippen LogP contribution in [0.5, 0.6) is 0 Å². The van der Waals surface area contributed by atoms with Gasteiger partial charge in [0.2, 0.25) is 5.91 Å². The third kappa shape index (κ3) is 5.45. The summed E-state index contributed by atoms with van der Waals surface area (Å²) in [6.45, 7) is 15.3. The molecule has 2 heteroatoms. The van der Waals surface area contributed by atoms with E-state index in [4.69, 9.17) is 0 Å². The molecule has 0 fully saturated rings. The lowest BCUT2D eigenvalue weighted by atomic mass is 9.87. The van der Waals surface area contributed by atoms with Gasteiger partial charge >= 0.3 is 0 Å². The van der Waals surface area contributed by atoms with E-state index in [1.807, 2.05) is 25.1 Å². The van der Waals surface area contributed by atoms with Crippen molar-refractivity contribution in [2.24, 2.45) is 5.92 Å². The van der Waals surface area contributed by atoms with Crippen LogP contribution in [-0.4, -0.2) is 5.91 Å². The minimum atomic E-state index is -0.0720. The molecule has 0 bridgehead atoms. The average molecular weight is 366 g/mol. The lowest BCUT2D eigenvalue weighted by molar-refractivity contribution is -0.119. The van der Waals surface area contributed by atoms with E-state index in [0.717, 1.165) is 12.1 Å². The van der Waals surface area contributed by atoms with Gasteiger partial charge in [0.1, 0.15) is 0 Å². The van der Waals surface area contributed by atoms with Crippen LogP contribution in [0.1, 0.15) is 88.5 Å². The number of amides is 1. The maximum absolute atomic E-state index is 13.0. The van der Waals surface area contributed by atoms with Gasteiger partial charge in [0.05, 0.1) is 0 Å². The van der Waals surface area contributed by atoms with E-state index in [1.165, 1.54) is 22.3 Å². The number of anilines is 1. The highest BCUT2D eigenvalue weighted by molar-refractivity contribution is 5.94. The van der Waals surface area contributed by atoms with Crippen LogP contribution in [0.2, 0.25) is 0 Å². The molecule has 1 N–H and O–H groups in total. The highest BCUT2D eigenvalue weighted by Crippen LogP contribution is 2.36. The van der Waals surface area contributed by atoms with Crippen LogP contribution in [0, 0.1) is 5.92 Å². The largest absolute Gasteiger partial charge is 0.325 e. The Hall–Kier alpha value is -2.09. The monoisotopic (exact) mass is 365 g/mol. The summed E-state index contributed by atoms with van der Waals surface area (Å²) < 4.78 is 0. The molecular weight excluding hydrogens is 330 g/mol. The number of benzene rings is 2. The van der Waals surface area contributed by atoms with Crippen LogP contribution in [0.25, 0.3) is 0 Å². The first kappa shape index (κ1) is 21.2. The molecule has 0 saturated carbocycles. The van der Waals surface area contributed by atoms with Crippen LogP contribution in [0.15, 0.2) is 42.5 Å². The van der Waals surface area contributed by atoms with E-state index in [9.17, 15) is 4.79 Å². The van der Waals surface area contributed by atoms with Crippen molar-refractivity contribution in [3.05, 3.63) is 64.7 Å². The minimum Gasteiger partial charge on any atom is -0.325 e. The predicted octanol–water partition coefficient (Wildman–Crippen LogP) is 6.87. The predicted molar refractivity (Wildman–Crippen MR) is 117 cm³/mol. The minimum absolute atomic E-state index is 0.0720. The second-order valence-corrected chi connectivity index (χ2v) is 8.62. The molecule has 0 aliphatic rings. The molecule has 27 heavy (non-hydrogen) atoms. The van der Waals surface area contributed by atoms with E-state index < -0.39 is 0 Å². The molecule has 2 aromatic carbocycles. The standard InChI is InChI=1S/C25H35NO/c1-16(2)21-14-22(17(3)4)24(23(15-21)18(5)6)26-25(27)19(7)13-20-11-9-8-10-12-20/h8-12,14-19H,13H2,1-7H3,(H,26,27)/t19-/m1/s1. The van der Waals surface area contributed by atoms with Gasteiger partial charge in [-0.2, -0.15) is 0 Å². The fourth-order valence-electron chi connectivity index (χ4n) is 3.41. The molecule has 0 saturated heterocycles. The number of hydrogen-bond acceptors (Lipinski definition) is 1. The molecular formula is C25H35NO. The summed E-state index contributed by atoms with van der Waals surface area (Å²) in [6.07, 6.45) is 0.755. The van der Waals surface area contributed by atoms with Crippen molar-refractivity contribution in [3.63, 3.8) is 0 Å². The number of nitrogens with one attached hydrogen (secondary N) is 1. The molecule has 2 nitrogen and oxygen atoms in total. The zero-order chi connectivity index (χ0) is 20.1. The van der Waals surface area contributed by atoms with Crippen molar-refractivity contribution in [1.82, 2.24) is 0 Å². The molecule has 0 spiro atoms. The van der Waals surface area contributed by atoms with Crippen LogP contribution in [0.4, 0.5) is 5.69 Å². The van der Waals surface area contributed by atoms with Gasteiger partial charge in [-0.3, -0.25) is 4.79 Å². The maximum atomic E-state index is 13.0. The number of carbonyl (C=O) groups excluding carboxylic acids is 1. The molecule has 0 aromatic heterocycles. The van der Waals surface area contributed by atoms with Gasteiger partial charge in [-0.25, -0.2) is 0 Å². The van der Waals surface area contributed by atoms with Crippen molar-refractivity contribution in [1.29, 1.82) is 0 Å². The van der Waals surface area contributed by atoms with E-state index >= 15 is 0 Å². The molecule has 0 heterocycles. The molecule has 0 radical (unpaired) electrons. The number of rotatable bonds is 7. The highest BCUT2D eigenvalue weighted by atomic mass is 16.1. The van der Waals surface area contributed by atoms with Gasteiger partial charge in [0.25, 0.3) is 0 Å². The zero-order valence-electron chi connectivity index (χ0n) is 18.0. The normalized spacial score (nSPS) is 12.7. The Bertz CT molecular complexity index is 730. The third-order valence-electron chi connectivity index (χ3n) is 5.21. The van der Waals surface area contributed by atoms with Gasteiger partial charge in [0.15, 0.2) is 0 Å². The molecule has 2 aromatic rings. The van der Waals surface area contributed by atoms with Crippen molar-refractivity contribution < 1.29 is 4.79 Å². The summed E-state index contributed by atoms with van der Waals surface area (Å²) >= 11 is 0.